The summed E-state index contributed by atoms with van der Waals surface area (Å²) in [7, 11) is 0. The Morgan fingerprint density at radius 3 is 2.64 bits per heavy atom. The topological polar surface area (TPSA) is 44.8 Å². The molecule has 1 rings (SSSR count). The van der Waals surface area contributed by atoms with E-state index in [1.807, 2.05) is 0 Å². The predicted molar refractivity (Wildman–Crippen MR) is 36.7 cm³/mol. The van der Waals surface area contributed by atoms with E-state index in [1.54, 1.807) is 0 Å². The van der Waals surface area contributed by atoms with E-state index in [-0.39, 0.29) is 6.79 Å². The van der Waals surface area contributed by atoms with Crippen LogP contribution in [0.2, 0.25) is 0 Å². The fourth-order valence-electron chi connectivity index (χ4n) is 0.842. The van der Waals surface area contributed by atoms with Gasteiger partial charge in [-0.2, -0.15) is 13.2 Å². The maximum absolute atomic E-state index is 12.3. The molecule has 1 atom stereocenters. The highest BCUT2D eigenvalue weighted by Gasteiger charge is 2.47. The van der Waals surface area contributed by atoms with Crippen LogP contribution in [0.1, 0.15) is 6.92 Å². The molecular formula is C7H7F3O4. The van der Waals surface area contributed by atoms with E-state index in [0.29, 0.717) is 0 Å². The van der Waals surface area contributed by atoms with E-state index < -0.39 is 24.0 Å². The minimum atomic E-state index is -4.70. The molecule has 14 heavy (non-hydrogen) atoms. The molecular weight excluding hydrogens is 205 g/mol. The van der Waals surface area contributed by atoms with Gasteiger partial charge in [0.2, 0.25) is 6.79 Å². The Bertz CT molecular complexity index is 258. The summed E-state index contributed by atoms with van der Waals surface area (Å²) >= 11 is 0. The van der Waals surface area contributed by atoms with E-state index >= 15 is 0 Å². The lowest BCUT2D eigenvalue weighted by Crippen LogP contribution is -2.35. The Morgan fingerprint density at radius 2 is 2.29 bits per heavy atom. The Hall–Kier alpha value is -1.40. The molecule has 0 aromatic carbocycles. The highest BCUT2D eigenvalue weighted by molar-refractivity contribution is 5.66. The van der Waals surface area contributed by atoms with Crippen molar-refractivity contribution in [2.75, 3.05) is 6.79 Å². The average Bonchev–Trinajstić information content (AvgIpc) is 2.49. The van der Waals surface area contributed by atoms with E-state index in [0.717, 1.165) is 13.2 Å². The third kappa shape index (κ3) is 2.54. The first-order chi connectivity index (χ1) is 6.41. The van der Waals surface area contributed by atoms with Crippen molar-refractivity contribution < 1.29 is 32.2 Å². The van der Waals surface area contributed by atoms with Crippen molar-refractivity contribution in [3.05, 3.63) is 12.0 Å². The van der Waals surface area contributed by atoms with Gasteiger partial charge in [-0.15, -0.1) is 0 Å². The molecule has 4 nitrogen and oxygen atoms in total. The smallest absolute Gasteiger partial charge is 0.433 e. The van der Waals surface area contributed by atoms with Crippen LogP contribution in [-0.2, 0) is 19.0 Å². The summed E-state index contributed by atoms with van der Waals surface area (Å²) in [5, 5.41) is 0. The van der Waals surface area contributed by atoms with Crippen molar-refractivity contribution in [2.45, 2.75) is 19.2 Å². The van der Waals surface area contributed by atoms with Crippen molar-refractivity contribution in [1.82, 2.24) is 0 Å². The van der Waals surface area contributed by atoms with E-state index in [2.05, 4.69) is 14.2 Å². The maximum atomic E-state index is 12.3. The first-order valence-electron chi connectivity index (χ1n) is 3.59. The number of esters is 1. The molecule has 0 radical (unpaired) electrons. The molecule has 0 aromatic heterocycles. The van der Waals surface area contributed by atoms with Crippen LogP contribution in [0.15, 0.2) is 12.0 Å². The van der Waals surface area contributed by atoms with E-state index in [4.69, 9.17) is 0 Å². The van der Waals surface area contributed by atoms with Gasteiger partial charge in [0, 0.05) is 6.92 Å². The van der Waals surface area contributed by atoms with E-state index in [1.165, 1.54) is 0 Å². The Morgan fingerprint density at radius 1 is 1.64 bits per heavy atom. The third-order valence-corrected chi connectivity index (χ3v) is 1.33. The normalized spacial score (nSPS) is 17.9. The van der Waals surface area contributed by atoms with Crippen LogP contribution in [-0.4, -0.2) is 25.0 Å². The lowest BCUT2D eigenvalue weighted by molar-refractivity contribution is -0.217. The van der Waals surface area contributed by atoms with Crippen LogP contribution in [0, 0.1) is 0 Å². The quantitative estimate of drug-likeness (QED) is 0.647. The molecule has 0 spiro atoms. The van der Waals surface area contributed by atoms with Crippen molar-refractivity contribution >= 4 is 5.97 Å². The standard InChI is InChI=1S/C7H7F3O4/c1-4(11)14-6(7(8,9)10)5-2-12-3-13-5/h2,6H,3H2,1H3. The molecule has 0 bridgehead atoms. The van der Waals surface area contributed by atoms with Gasteiger partial charge in [-0.05, 0) is 0 Å². The van der Waals surface area contributed by atoms with Gasteiger partial charge in [0.05, 0.1) is 0 Å². The second-order valence-corrected chi connectivity index (χ2v) is 2.48. The minimum Gasteiger partial charge on any atom is -0.461 e. The Labute approximate surface area is 77.2 Å². The molecule has 0 saturated heterocycles. The highest BCUT2D eigenvalue weighted by Crippen LogP contribution is 2.30. The van der Waals surface area contributed by atoms with Gasteiger partial charge in [-0.3, -0.25) is 4.79 Å². The molecule has 0 amide bonds. The van der Waals surface area contributed by atoms with Crippen molar-refractivity contribution in [1.29, 1.82) is 0 Å². The predicted octanol–water partition coefficient (Wildman–Crippen LogP) is 1.33. The van der Waals surface area contributed by atoms with Crippen LogP contribution in [0.5, 0.6) is 0 Å². The van der Waals surface area contributed by atoms with Gasteiger partial charge in [-0.25, -0.2) is 0 Å². The summed E-state index contributed by atoms with van der Waals surface area (Å²) in [5.74, 6) is -1.59. The summed E-state index contributed by atoms with van der Waals surface area (Å²) in [4.78, 5) is 10.4. The summed E-state index contributed by atoms with van der Waals surface area (Å²) in [6, 6.07) is 0. The number of hydrogen-bond donors (Lipinski definition) is 0. The van der Waals surface area contributed by atoms with Crippen LogP contribution in [0.25, 0.3) is 0 Å². The summed E-state index contributed by atoms with van der Waals surface area (Å²) < 4.78 is 49.8. The van der Waals surface area contributed by atoms with Crippen molar-refractivity contribution in [3.63, 3.8) is 0 Å². The monoisotopic (exact) mass is 212 g/mol. The number of hydrogen-bond acceptors (Lipinski definition) is 4. The van der Waals surface area contributed by atoms with Crippen LogP contribution in [0.4, 0.5) is 13.2 Å². The molecule has 1 aliphatic rings. The van der Waals surface area contributed by atoms with Crippen LogP contribution >= 0.6 is 0 Å². The molecule has 0 aromatic rings. The molecule has 80 valence electrons. The zero-order valence-electron chi connectivity index (χ0n) is 7.13. The zero-order chi connectivity index (χ0) is 10.8. The number of ether oxygens (including phenoxy) is 3. The molecule has 0 N–H and O–H groups in total. The summed E-state index contributed by atoms with van der Waals surface area (Å²) in [5.41, 5.74) is 0. The second kappa shape index (κ2) is 3.77. The number of carbonyl (C=O) groups excluding carboxylic acids is 1. The maximum Gasteiger partial charge on any atom is 0.433 e. The fourth-order valence-corrected chi connectivity index (χ4v) is 0.842. The number of halogens is 3. The fraction of sp³-hybridized carbons (Fsp3) is 0.571. The Kier molecular flexibility index (Phi) is 2.87. The number of alkyl halides is 3. The van der Waals surface area contributed by atoms with Gasteiger partial charge >= 0.3 is 12.1 Å². The first kappa shape index (κ1) is 10.7. The van der Waals surface area contributed by atoms with E-state index in [9.17, 15) is 18.0 Å². The number of rotatable bonds is 2. The molecule has 1 unspecified atom stereocenters. The summed E-state index contributed by atoms with van der Waals surface area (Å²) in [6.07, 6.45) is -6.31. The molecule has 0 fully saturated rings. The van der Waals surface area contributed by atoms with Crippen molar-refractivity contribution in [2.24, 2.45) is 0 Å². The minimum absolute atomic E-state index is 0.302. The van der Waals surface area contributed by atoms with Gasteiger partial charge < -0.3 is 14.2 Å². The SMILES string of the molecule is CC(=O)OC(C1=COCO1)C(F)(F)F. The largest absolute Gasteiger partial charge is 0.461 e. The lowest BCUT2D eigenvalue weighted by atomic mass is 10.3. The molecule has 1 aliphatic heterocycles. The zero-order valence-corrected chi connectivity index (χ0v) is 7.13. The van der Waals surface area contributed by atoms with Gasteiger partial charge in [0.25, 0.3) is 6.10 Å². The molecule has 1 heterocycles. The average molecular weight is 212 g/mol. The van der Waals surface area contributed by atoms with Gasteiger partial charge in [0.15, 0.2) is 5.76 Å². The Balaban J connectivity index is 2.76. The lowest BCUT2D eigenvalue weighted by Gasteiger charge is -2.19. The van der Waals surface area contributed by atoms with Gasteiger partial charge in [0.1, 0.15) is 6.26 Å². The molecule has 7 heteroatoms. The third-order valence-electron chi connectivity index (χ3n) is 1.33. The second-order valence-electron chi connectivity index (χ2n) is 2.48. The molecule has 0 saturated carbocycles. The highest BCUT2D eigenvalue weighted by atomic mass is 19.4. The number of carbonyl (C=O) groups is 1. The van der Waals surface area contributed by atoms with Crippen molar-refractivity contribution in [3.8, 4) is 0 Å². The first-order valence-corrected chi connectivity index (χ1v) is 3.59. The molecule has 0 aliphatic carbocycles. The van der Waals surface area contributed by atoms with Crippen LogP contribution in [0.3, 0.4) is 0 Å². The van der Waals surface area contributed by atoms with Gasteiger partial charge in [-0.1, -0.05) is 0 Å². The van der Waals surface area contributed by atoms with Crippen LogP contribution < -0.4 is 0 Å². The summed E-state index contributed by atoms with van der Waals surface area (Å²) in [6.45, 7) is 0.582.